The summed E-state index contributed by atoms with van der Waals surface area (Å²) in [5.41, 5.74) is 1.60. The van der Waals surface area contributed by atoms with E-state index in [1.165, 1.54) is 6.07 Å². The van der Waals surface area contributed by atoms with Crippen LogP contribution in [-0.4, -0.2) is 46.2 Å². The molecule has 6 nitrogen and oxygen atoms in total. The minimum absolute atomic E-state index is 0.140. The zero-order valence-corrected chi connectivity index (χ0v) is 16.0. The van der Waals surface area contributed by atoms with Gasteiger partial charge in [0.05, 0.1) is 5.56 Å². The van der Waals surface area contributed by atoms with E-state index in [4.69, 9.17) is 4.52 Å². The van der Waals surface area contributed by atoms with Gasteiger partial charge in [0.15, 0.2) is 5.82 Å². The molecule has 146 valence electrons. The monoisotopic (exact) mass is 381 g/mol. The third-order valence-electron chi connectivity index (χ3n) is 5.04. The van der Waals surface area contributed by atoms with Gasteiger partial charge in [-0.1, -0.05) is 30.3 Å². The number of benzene rings is 1. The van der Waals surface area contributed by atoms with Gasteiger partial charge in [-0.25, -0.2) is 9.37 Å². The lowest BCUT2D eigenvalue weighted by Crippen LogP contribution is -2.31. The smallest absolute Gasteiger partial charge is 0.261 e. The number of nitrogens with zero attached hydrogens (tertiary/aromatic N) is 5. The predicted molar refractivity (Wildman–Crippen MR) is 105 cm³/mol. The van der Waals surface area contributed by atoms with Crippen LogP contribution in [-0.2, 0) is 13.0 Å². The second-order valence-electron chi connectivity index (χ2n) is 6.95. The van der Waals surface area contributed by atoms with Crippen LogP contribution in [0.25, 0.3) is 11.5 Å². The summed E-state index contributed by atoms with van der Waals surface area (Å²) in [5, 5.41) is 4.01. The third kappa shape index (κ3) is 4.04. The molecular weight excluding hydrogens is 357 g/mol. The first-order valence-electron chi connectivity index (χ1n) is 9.73. The number of aromatic nitrogens is 3. The van der Waals surface area contributed by atoms with Crippen LogP contribution in [0.1, 0.15) is 24.7 Å². The van der Waals surface area contributed by atoms with E-state index in [0.29, 0.717) is 18.3 Å². The Labute approximate surface area is 164 Å². The van der Waals surface area contributed by atoms with Gasteiger partial charge in [-0.3, -0.25) is 4.90 Å². The zero-order chi connectivity index (χ0) is 19.3. The van der Waals surface area contributed by atoms with Gasteiger partial charge < -0.3 is 9.42 Å². The number of anilines is 1. The van der Waals surface area contributed by atoms with Crippen molar-refractivity contribution in [2.75, 3.05) is 31.1 Å². The molecule has 1 aliphatic rings. The number of pyridine rings is 1. The molecule has 7 heteroatoms. The van der Waals surface area contributed by atoms with Crippen LogP contribution in [0.2, 0.25) is 0 Å². The van der Waals surface area contributed by atoms with E-state index < -0.39 is 0 Å². The summed E-state index contributed by atoms with van der Waals surface area (Å²) in [5.74, 6) is 1.92. The van der Waals surface area contributed by atoms with Crippen molar-refractivity contribution < 1.29 is 8.91 Å². The van der Waals surface area contributed by atoms with Gasteiger partial charge in [0, 0.05) is 50.9 Å². The molecule has 0 atom stereocenters. The highest BCUT2D eigenvalue weighted by Gasteiger charge is 2.21. The molecule has 0 unspecified atom stereocenters. The fourth-order valence-electron chi connectivity index (χ4n) is 3.53. The third-order valence-corrected chi connectivity index (χ3v) is 5.04. The highest BCUT2D eigenvalue weighted by atomic mass is 19.1. The fraction of sp³-hybridized carbons (Fsp3) is 0.381. The van der Waals surface area contributed by atoms with E-state index in [-0.39, 0.29) is 5.82 Å². The molecule has 3 aromatic rings. The van der Waals surface area contributed by atoms with Crippen LogP contribution in [0.3, 0.4) is 0 Å². The SMILES string of the molecule is CCc1noc(-c2cccnc2N2CCCN(Cc3ccccc3F)CC2)n1. The second-order valence-corrected chi connectivity index (χ2v) is 6.95. The van der Waals surface area contributed by atoms with Gasteiger partial charge in [0.25, 0.3) is 5.89 Å². The molecule has 0 spiro atoms. The largest absolute Gasteiger partial charge is 0.355 e. The quantitative estimate of drug-likeness (QED) is 0.674. The number of hydrogen-bond donors (Lipinski definition) is 0. The van der Waals surface area contributed by atoms with Gasteiger partial charge in [-0.05, 0) is 24.6 Å². The van der Waals surface area contributed by atoms with Gasteiger partial charge in [0.2, 0.25) is 0 Å². The summed E-state index contributed by atoms with van der Waals surface area (Å²) in [4.78, 5) is 13.6. The maximum Gasteiger partial charge on any atom is 0.261 e. The first-order valence-corrected chi connectivity index (χ1v) is 9.73. The van der Waals surface area contributed by atoms with Gasteiger partial charge in [-0.2, -0.15) is 4.98 Å². The van der Waals surface area contributed by atoms with Crippen LogP contribution in [0.15, 0.2) is 47.1 Å². The Morgan fingerprint density at radius 2 is 1.96 bits per heavy atom. The molecule has 1 fully saturated rings. The average Bonchev–Trinajstić information content (AvgIpc) is 3.09. The highest BCUT2D eigenvalue weighted by Crippen LogP contribution is 2.28. The molecule has 0 amide bonds. The lowest BCUT2D eigenvalue weighted by atomic mass is 10.2. The first kappa shape index (κ1) is 18.6. The van der Waals surface area contributed by atoms with E-state index >= 15 is 0 Å². The lowest BCUT2D eigenvalue weighted by molar-refractivity contribution is 0.281. The molecule has 0 radical (unpaired) electrons. The van der Waals surface area contributed by atoms with Crippen molar-refractivity contribution >= 4 is 5.82 Å². The molecule has 3 heterocycles. The molecule has 1 aliphatic heterocycles. The molecule has 2 aromatic heterocycles. The number of aryl methyl sites for hydroxylation is 1. The Balaban J connectivity index is 1.50. The van der Waals surface area contributed by atoms with Crippen molar-refractivity contribution in [3.63, 3.8) is 0 Å². The van der Waals surface area contributed by atoms with Crippen molar-refractivity contribution in [1.29, 1.82) is 0 Å². The second kappa shape index (κ2) is 8.48. The molecule has 4 rings (SSSR count). The fourth-order valence-corrected chi connectivity index (χ4v) is 3.53. The van der Waals surface area contributed by atoms with E-state index in [9.17, 15) is 4.39 Å². The summed E-state index contributed by atoms with van der Waals surface area (Å²) in [6, 6.07) is 10.9. The Bertz CT molecular complexity index is 928. The maximum absolute atomic E-state index is 14.0. The molecule has 1 saturated heterocycles. The van der Waals surface area contributed by atoms with Crippen LogP contribution >= 0.6 is 0 Å². The minimum Gasteiger partial charge on any atom is -0.355 e. The number of rotatable bonds is 5. The molecular formula is C21H24FN5O. The Hall–Kier alpha value is -2.80. The van der Waals surface area contributed by atoms with Crippen molar-refractivity contribution in [3.05, 3.63) is 59.8 Å². The zero-order valence-electron chi connectivity index (χ0n) is 16.0. The summed E-state index contributed by atoms with van der Waals surface area (Å²) in [7, 11) is 0. The molecule has 0 aliphatic carbocycles. The molecule has 0 saturated carbocycles. The number of halogens is 1. The molecule has 28 heavy (non-hydrogen) atoms. The van der Waals surface area contributed by atoms with Gasteiger partial charge in [0.1, 0.15) is 11.6 Å². The van der Waals surface area contributed by atoms with Crippen LogP contribution < -0.4 is 4.90 Å². The Morgan fingerprint density at radius 1 is 1.07 bits per heavy atom. The van der Waals surface area contributed by atoms with Crippen molar-refractivity contribution in [2.45, 2.75) is 26.3 Å². The van der Waals surface area contributed by atoms with Gasteiger partial charge >= 0.3 is 0 Å². The van der Waals surface area contributed by atoms with Crippen molar-refractivity contribution in [1.82, 2.24) is 20.0 Å². The van der Waals surface area contributed by atoms with E-state index in [0.717, 1.165) is 56.0 Å². The number of hydrogen-bond acceptors (Lipinski definition) is 6. The summed E-state index contributed by atoms with van der Waals surface area (Å²) >= 11 is 0. The summed E-state index contributed by atoms with van der Waals surface area (Å²) < 4.78 is 19.4. The maximum atomic E-state index is 14.0. The summed E-state index contributed by atoms with van der Waals surface area (Å²) in [6.45, 7) is 6.08. The normalized spacial score (nSPS) is 15.6. The van der Waals surface area contributed by atoms with Crippen LogP contribution in [0.5, 0.6) is 0 Å². The minimum atomic E-state index is -0.140. The van der Waals surface area contributed by atoms with Crippen LogP contribution in [0.4, 0.5) is 10.2 Å². The molecule has 1 aromatic carbocycles. The van der Waals surface area contributed by atoms with Gasteiger partial charge in [-0.15, -0.1) is 0 Å². The van der Waals surface area contributed by atoms with E-state index in [1.54, 1.807) is 12.3 Å². The standard InChI is InChI=1S/C21H24FN5O/c1-2-19-24-21(28-25-19)17-8-5-10-23-20(17)27-12-6-11-26(13-14-27)15-16-7-3-4-9-18(16)22/h3-5,7-10H,2,6,11-15H2,1H3. The van der Waals surface area contributed by atoms with Crippen molar-refractivity contribution in [3.8, 4) is 11.5 Å². The Kier molecular flexibility index (Phi) is 5.62. The Morgan fingerprint density at radius 3 is 2.79 bits per heavy atom. The summed E-state index contributed by atoms with van der Waals surface area (Å²) in [6.07, 6.45) is 3.50. The topological polar surface area (TPSA) is 58.3 Å². The van der Waals surface area contributed by atoms with E-state index in [2.05, 4.69) is 24.9 Å². The molecule has 0 bridgehead atoms. The van der Waals surface area contributed by atoms with E-state index in [1.807, 2.05) is 31.2 Å². The predicted octanol–water partition coefficient (Wildman–Crippen LogP) is 3.55. The highest BCUT2D eigenvalue weighted by molar-refractivity contribution is 5.69. The first-order chi connectivity index (χ1) is 13.7. The lowest BCUT2D eigenvalue weighted by Gasteiger charge is -2.24. The average molecular weight is 381 g/mol. The molecule has 0 N–H and O–H groups in total. The van der Waals surface area contributed by atoms with Crippen molar-refractivity contribution in [2.24, 2.45) is 0 Å². The van der Waals surface area contributed by atoms with Crippen LogP contribution in [0, 0.1) is 5.82 Å².